The molecule has 1 atom stereocenters. The van der Waals surface area contributed by atoms with Crippen molar-refractivity contribution in [3.8, 4) is 0 Å². The van der Waals surface area contributed by atoms with Gasteiger partial charge in [0.05, 0.1) is 5.69 Å². The lowest BCUT2D eigenvalue weighted by molar-refractivity contribution is 0.00742. The van der Waals surface area contributed by atoms with Crippen LogP contribution in [-0.4, -0.2) is 37.9 Å². The molecule has 7 nitrogen and oxygen atoms in total. The fourth-order valence-corrected chi connectivity index (χ4v) is 2.91. The predicted molar refractivity (Wildman–Crippen MR) is 89.9 cm³/mol. The molecule has 2 heterocycles. The number of aryl methyl sites for hydroxylation is 2. The molecule has 23 heavy (non-hydrogen) atoms. The van der Waals surface area contributed by atoms with Gasteiger partial charge in [-0.2, -0.15) is 0 Å². The van der Waals surface area contributed by atoms with Crippen LogP contribution < -0.4 is 5.32 Å². The maximum atomic E-state index is 12.2. The van der Waals surface area contributed by atoms with Crippen LogP contribution in [0.5, 0.6) is 0 Å². The van der Waals surface area contributed by atoms with Gasteiger partial charge in [0.1, 0.15) is 22.6 Å². The zero-order valence-corrected chi connectivity index (χ0v) is 15.2. The van der Waals surface area contributed by atoms with Crippen LogP contribution in [0.4, 0.5) is 5.13 Å². The monoisotopic (exact) mass is 337 g/mol. The number of rotatable bonds is 5. The highest BCUT2D eigenvalue weighted by Crippen LogP contribution is 2.25. The van der Waals surface area contributed by atoms with E-state index in [4.69, 9.17) is 4.74 Å². The van der Waals surface area contributed by atoms with Crippen molar-refractivity contribution in [1.29, 1.82) is 0 Å². The Hall–Kier alpha value is -1.96. The van der Waals surface area contributed by atoms with Crippen molar-refractivity contribution in [3.63, 3.8) is 0 Å². The smallest absolute Gasteiger partial charge is 0.350 e. The van der Waals surface area contributed by atoms with Gasteiger partial charge >= 0.3 is 5.97 Å². The van der Waals surface area contributed by atoms with Crippen LogP contribution in [0, 0.1) is 6.92 Å². The Morgan fingerprint density at radius 3 is 2.74 bits per heavy atom. The third kappa shape index (κ3) is 4.51. The van der Waals surface area contributed by atoms with Crippen LogP contribution >= 0.6 is 11.3 Å². The van der Waals surface area contributed by atoms with Crippen LogP contribution in [-0.2, 0) is 11.8 Å². The Balaban J connectivity index is 2.01. The summed E-state index contributed by atoms with van der Waals surface area (Å²) >= 11 is 1.31. The van der Waals surface area contributed by atoms with Crippen LogP contribution in [0.1, 0.15) is 54.8 Å². The minimum atomic E-state index is -0.513. The minimum Gasteiger partial charge on any atom is -0.456 e. The van der Waals surface area contributed by atoms with E-state index in [0.717, 1.165) is 5.82 Å². The Morgan fingerprint density at radius 2 is 2.17 bits per heavy atom. The molecule has 0 aliphatic heterocycles. The van der Waals surface area contributed by atoms with Crippen molar-refractivity contribution in [2.45, 2.75) is 46.1 Å². The van der Waals surface area contributed by atoms with Crippen LogP contribution in [0.15, 0.2) is 6.33 Å². The van der Waals surface area contributed by atoms with Gasteiger partial charge in [0.2, 0.25) is 0 Å². The van der Waals surface area contributed by atoms with Gasteiger partial charge < -0.3 is 14.6 Å². The van der Waals surface area contributed by atoms with Crippen LogP contribution in [0.3, 0.4) is 0 Å². The second-order valence-electron chi connectivity index (χ2n) is 6.52. The third-order valence-corrected chi connectivity index (χ3v) is 4.22. The molecule has 1 unspecified atom stereocenters. The molecule has 0 bridgehead atoms. The van der Waals surface area contributed by atoms with Gasteiger partial charge in [-0.25, -0.2) is 9.78 Å². The molecular weight excluding hydrogens is 314 g/mol. The fraction of sp³-hybridized carbons (Fsp3) is 0.600. The second-order valence-corrected chi connectivity index (χ2v) is 7.52. The minimum absolute atomic E-state index is 0.177. The van der Waals surface area contributed by atoms with E-state index in [2.05, 4.69) is 27.4 Å². The van der Waals surface area contributed by atoms with Crippen molar-refractivity contribution >= 4 is 22.4 Å². The summed E-state index contributed by atoms with van der Waals surface area (Å²) in [5.41, 5.74) is 0.166. The van der Waals surface area contributed by atoms with Gasteiger partial charge in [-0.3, -0.25) is 0 Å². The number of nitrogens with one attached hydrogen (secondary N) is 1. The highest BCUT2D eigenvalue weighted by atomic mass is 32.1. The molecule has 0 radical (unpaired) electrons. The number of aromatic nitrogens is 4. The summed E-state index contributed by atoms with van der Waals surface area (Å²) in [6, 6.07) is 0. The van der Waals surface area contributed by atoms with Crippen LogP contribution in [0.2, 0.25) is 0 Å². The third-order valence-electron chi connectivity index (χ3n) is 3.13. The first-order chi connectivity index (χ1) is 10.7. The number of carbonyl (C=O) groups is 1. The highest BCUT2D eigenvalue weighted by molar-refractivity contribution is 7.17. The molecule has 0 aromatic carbocycles. The molecule has 126 valence electrons. The van der Waals surface area contributed by atoms with Gasteiger partial charge in [0.25, 0.3) is 0 Å². The molecule has 2 aromatic rings. The van der Waals surface area contributed by atoms with E-state index in [1.54, 1.807) is 6.33 Å². The fourth-order valence-electron chi connectivity index (χ4n) is 2.06. The van der Waals surface area contributed by atoms with E-state index in [1.165, 1.54) is 11.3 Å². The summed E-state index contributed by atoms with van der Waals surface area (Å²) in [5.74, 6) is 0.747. The zero-order valence-electron chi connectivity index (χ0n) is 14.4. The summed E-state index contributed by atoms with van der Waals surface area (Å²) in [7, 11) is 1.92. The van der Waals surface area contributed by atoms with Gasteiger partial charge in [-0.1, -0.05) is 18.3 Å². The molecule has 1 N–H and O–H groups in total. The van der Waals surface area contributed by atoms with E-state index in [-0.39, 0.29) is 11.9 Å². The first-order valence-corrected chi connectivity index (χ1v) is 8.27. The van der Waals surface area contributed by atoms with E-state index >= 15 is 0 Å². The van der Waals surface area contributed by atoms with E-state index in [1.807, 2.05) is 39.3 Å². The molecule has 2 rings (SSSR count). The standard InChI is InChI=1S/C15H23N5O2S/c1-9(12-19-17-8-20(12)6)7-16-14-18-10(2)11(23-14)13(21)22-15(3,4)5/h8-9H,7H2,1-6H3,(H,16,18). The Bertz CT molecular complexity index is 686. The van der Waals surface area contributed by atoms with E-state index in [9.17, 15) is 4.79 Å². The Morgan fingerprint density at radius 1 is 1.48 bits per heavy atom. The molecule has 2 aromatic heterocycles. The number of hydrogen-bond acceptors (Lipinski definition) is 7. The first-order valence-electron chi connectivity index (χ1n) is 7.46. The summed E-state index contributed by atoms with van der Waals surface area (Å²) < 4.78 is 7.29. The summed E-state index contributed by atoms with van der Waals surface area (Å²) in [5, 5.41) is 11.9. The summed E-state index contributed by atoms with van der Waals surface area (Å²) in [6.45, 7) is 10.1. The number of carbonyl (C=O) groups excluding carboxylic acids is 1. The number of hydrogen-bond donors (Lipinski definition) is 1. The lowest BCUT2D eigenvalue weighted by atomic mass is 10.1. The quantitative estimate of drug-likeness (QED) is 0.845. The topological polar surface area (TPSA) is 81.9 Å². The van der Waals surface area contributed by atoms with Crippen molar-refractivity contribution in [2.24, 2.45) is 7.05 Å². The maximum absolute atomic E-state index is 12.2. The van der Waals surface area contributed by atoms with Crippen molar-refractivity contribution < 1.29 is 9.53 Å². The molecule has 8 heteroatoms. The first kappa shape index (κ1) is 17.4. The highest BCUT2D eigenvalue weighted by Gasteiger charge is 2.22. The summed E-state index contributed by atoms with van der Waals surface area (Å²) in [4.78, 5) is 17.1. The zero-order chi connectivity index (χ0) is 17.2. The maximum Gasteiger partial charge on any atom is 0.350 e. The molecule has 0 aliphatic carbocycles. The normalized spacial score (nSPS) is 13.0. The molecule has 0 saturated heterocycles. The molecule has 0 saturated carbocycles. The average molecular weight is 337 g/mol. The van der Waals surface area contributed by atoms with Gasteiger partial charge in [0, 0.05) is 19.5 Å². The van der Waals surface area contributed by atoms with Gasteiger partial charge in [-0.15, -0.1) is 10.2 Å². The number of nitrogens with zero attached hydrogens (tertiary/aromatic N) is 4. The van der Waals surface area contributed by atoms with E-state index < -0.39 is 5.60 Å². The molecular formula is C15H23N5O2S. The number of anilines is 1. The van der Waals surface area contributed by atoms with Gasteiger partial charge in [0.15, 0.2) is 5.13 Å². The van der Waals surface area contributed by atoms with Crippen LogP contribution in [0.25, 0.3) is 0 Å². The molecule has 0 spiro atoms. The van der Waals surface area contributed by atoms with E-state index in [0.29, 0.717) is 22.2 Å². The molecule has 0 amide bonds. The van der Waals surface area contributed by atoms with Gasteiger partial charge in [-0.05, 0) is 27.7 Å². The number of esters is 1. The lowest BCUT2D eigenvalue weighted by Gasteiger charge is -2.18. The van der Waals surface area contributed by atoms with Crippen molar-refractivity contribution in [2.75, 3.05) is 11.9 Å². The second kappa shape index (κ2) is 6.66. The van der Waals surface area contributed by atoms with Crippen molar-refractivity contribution in [1.82, 2.24) is 19.7 Å². The predicted octanol–water partition coefficient (Wildman–Crippen LogP) is 2.75. The van der Waals surface area contributed by atoms with Crippen molar-refractivity contribution in [3.05, 3.63) is 22.7 Å². The molecule has 0 aliphatic rings. The number of ether oxygens (including phenoxy) is 1. The summed E-state index contributed by atoms with van der Waals surface area (Å²) in [6.07, 6.45) is 1.68. The average Bonchev–Trinajstić information content (AvgIpc) is 3.00. The lowest BCUT2D eigenvalue weighted by Crippen LogP contribution is -2.23. The SMILES string of the molecule is Cc1nc(NCC(C)c2nncn2C)sc1C(=O)OC(C)(C)C. The Kier molecular flexibility index (Phi) is 5.03. The largest absolute Gasteiger partial charge is 0.456 e. The Labute approximate surface area is 140 Å². The molecule has 0 fully saturated rings. The number of thiazole rings is 1.